The van der Waals surface area contributed by atoms with Gasteiger partial charge in [0, 0.05) is 12.1 Å². The van der Waals surface area contributed by atoms with Gasteiger partial charge in [-0.25, -0.2) is 9.07 Å². The average Bonchev–Trinajstić information content (AvgIpc) is 3.01. The monoisotopic (exact) mass is 369 g/mol. The normalized spacial score (nSPS) is 10.6. The molecule has 0 unspecified atom stereocenters. The summed E-state index contributed by atoms with van der Waals surface area (Å²) >= 11 is 0. The van der Waals surface area contributed by atoms with Gasteiger partial charge in [-0.05, 0) is 31.5 Å². The van der Waals surface area contributed by atoms with Crippen LogP contribution in [0.25, 0.3) is 5.69 Å². The molecular formula is C20H20FN3O3. The van der Waals surface area contributed by atoms with Crippen molar-refractivity contribution in [2.45, 2.75) is 13.8 Å². The highest BCUT2D eigenvalue weighted by Crippen LogP contribution is 2.30. The molecule has 3 rings (SSSR count). The molecule has 0 aliphatic heterocycles. The van der Waals surface area contributed by atoms with Gasteiger partial charge in [0.25, 0.3) is 5.91 Å². The van der Waals surface area contributed by atoms with Crippen molar-refractivity contribution in [1.29, 1.82) is 0 Å². The molecule has 0 spiro atoms. The lowest BCUT2D eigenvalue weighted by atomic mass is 10.1. The van der Waals surface area contributed by atoms with Crippen LogP contribution in [0.3, 0.4) is 0 Å². The summed E-state index contributed by atoms with van der Waals surface area (Å²) in [6.45, 7) is 3.77. The summed E-state index contributed by atoms with van der Waals surface area (Å²) in [6.07, 6.45) is 0. The third-order valence-corrected chi connectivity index (χ3v) is 4.13. The van der Waals surface area contributed by atoms with Crippen molar-refractivity contribution in [1.82, 2.24) is 9.78 Å². The minimum atomic E-state index is -0.705. The summed E-state index contributed by atoms with van der Waals surface area (Å²) in [4.78, 5) is 12.7. The summed E-state index contributed by atoms with van der Waals surface area (Å²) in [5.41, 5.74) is 2.39. The molecule has 2 aromatic carbocycles. The van der Waals surface area contributed by atoms with Gasteiger partial charge in [0.15, 0.2) is 11.5 Å². The number of nitrogens with one attached hydrogen (secondary N) is 1. The number of rotatable bonds is 5. The summed E-state index contributed by atoms with van der Waals surface area (Å²) in [5, 5.41) is 7.16. The van der Waals surface area contributed by atoms with Gasteiger partial charge in [0.2, 0.25) is 0 Å². The van der Waals surface area contributed by atoms with Crippen LogP contribution in [0.15, 0.2) is 42.5 Å². The largest absolute Gasteiger partial charge is 0.493 e. The van der Waals surface area contributed by atoms with Crippen molar-refractivity contribution in [2.75, 3.05) is 19.5 Å². The molecule has 0 atom stereocenters. The third kappa shape index (κ3) is 3.62. The number of nitrogens with zero attached hydrogens (tertiary/aromatic N) is 2. The number of carbonyl (C=O) groups is 1. The van der Waals surface area contributed by atoms with Gasteiger partial charge >= 0.3 is 0 Å². The molecule has 0 aliphatic carbocycles. The molecule has 140 valence electrons. The Bertz CT molecular complexity index is 998. The number of hydrogen-bond acceptors (Lipinski definition) is 4. The minimum Gasteiger partial charge on any atom is -0.493 e. The van der Waals surface area contributed by atoms with Gasteiger partial charge in [-0.3, -0.25) is 4.79 Å². The van der Waals surface area contributed by atoms with Crippen LogP contribution in [0.1, 0.15) is 21.6 Å². The van der Waals surface area contributed by atoms with Crippen molar-refractivity contribution >= 4 is 11.7 Å². The number of benzene rings is 2. The predicted molar refractivity (Wildman–Crippen MR) is 100 cm³/mol. The van der Waals surface area contributed by atoms with E-state index in [0.717, 1.165) is 23.0 Å². The first-order valence-corrected chi connectivity index (χ1v) is 8.30. The van der Waals surface area contributed by atoms with E-state index >= 15 is 0 Å². The van der Waals surface area contributed by atoms with Crippen LogP contribution < -0.4 is 14.8 Å². The van der Waals surface area contributed by atoms with Crippen LogP contribution >= 0.6 is 0 Å². The van der Waals surface area contributed by atoms with Crippen LogP contribution in [0.4, 0.5) is 10.2 Å². The van der Waals surface area contributed by atoms with E-state index in [2.05, 4.69) is 10.4 Å². The van der Waals surface area contributed by atoms with Crippen molar-refractivity contribution in [2.24, 2.45) is 0 Å². The number of aryl methyl sites for hydroxylation is 2. The molecule has 0 saturated heterocycles. The molecule has 0 bridgehead atoms. The average molecular weight is 369 g/mol. The summed E-state index contributed by atoms with van der Waals surface area (Å²) in [7, 11) is 2.83. The maximum absolute atomic E-state index is 14.4. The Balaban J connectivity index is 1.98. The molecule has 1 heterocycles. The lowest BCUT2D eigenvalue weighted by Gasteiger charge is -2.13. The molecule has 6 nitrogen and oxygen atoms in total. The van der Waals surface area contributed by atoms with E-state index < -0.39 is 11.7 Å². The van der Waals surface area contributed by atoms with Gasteiger partial charge in [0.05, 0.1) is 31.2 Å². The molecule has 0 aliphatic rings. The molecule has 27 heavy (non-hydrogen) atoms. The van der Waals surface area contributed by atoms with Gasteiger partial charge < -0.3 is 14.8 Å². The zero-order valence-electron chi connectivity index (χ0n) is 15.5. The lowest BCUT2D eigenvalue weighted by Crippen LogP contribution is -2.17. The second kappa shape index (κ2) is 7.49. The smallest absolute Gasteiger partial charge is 0.259 e. The number of methoxy groups -OCH3 is 2. The van der Waals surface area contributed by atoms with Gasteiger partial charge in [-0.15, -0.1) is 0 Å². The maximum Gasteiger partial charge on any atom is 0.259 e. The highest BCUT2D eigenvalue weighted by molar-refractivity contribution is 6.04. The molecule has 1 N–H and O–H groups in total. The number of aromatic nitrogens is 2. The lowest BCUT2D eigenvalue weighted by molar-refractivity contribution is 0.102. The standard InChI is InChI=1S/C20H20FN3O3/c1-12-7-5-6-8-16(12)24-19(9-13(2)23-24)22-20(25)14-10-17(26-3)18(27-4)11-15(14)21/h5-11H,1-4H3,(H,22,25). The van der Waals surface area contributed by atoms with E-state index in [0.29, 0.717) is 5.82 Å². The molecule has 1 aromatic heterocycles. The second-order valence-corrected chi connectivity index (χ2v) is 6.01. The number of ether oxygens (including phenoxy) is 2. The van der Waals surface area contributed by atoms with Crippen LogP contribution in [-0.4, -0.2) is 29.9 Å². The number of halogens is 1. The predicted octanol–water partition coefficient (Wildman–Crippen LogP) is 3.90. The van der Waals surface area contributed by atoms with Gasteiger partial charge in [-0.2, -0.15) is 5.10 Å². The molecule has 1 amide bonds. The fourth-order valence-electron chi connectivity index (χ4n) is 2.79. The SMILES string of the molecule is COc1cc(F)c(C(=O)Nc2cc(C)nn2-c2ccccc2C)cc1OC. The number of carbonyl (C=O) groups excluding carboxylic acids is 1. The first-order valence-electron chi connectivity index (χ1n) is 8.30. The van der Waals surface area contributed by atoms with E-state index in [4.69, 9.17) is 9.47 Å². The maximum atomic E-state index is 14.4. The quantitative estimate of drug-likeness (QED) is 0.741. The van der Waals surface area contributed by atoms with Gasteiger partial charge in [-0.1, -0.05) is 18.2 Å². The van der Waals surface area contributed by atoms with E-state index in [1.165, 1.54) is 20.3 Å². The van der Waals surface area contributed by atoms with E-state index in [1.807, 2.05) is 38.1 Å². The minimum absolute atomic E-state index is 0.150. The Morgan fingerprint density at radius 2 is 1.74 bits per heavy atom. The number of amides is 1. The van der Waals surface area contributed by atoms with Crippen molar-refractivity contribution in [3.05, 3.63) is 65.1 Å². The molecule has 0 saturated carbocycles. The first-order chi connectivity index (χ1) is 12.9. The van der Waals surface area contributed by atoms with E-state index in [9.17, 15) is 9.18 Å². The number of para-hydroxylation sites is 1. The Hall–Kier alpha value is -3.35. The van der Waals surface area contributed by atoms with Crippen molar-refractivity contribution in [3.8, 4) is 17.2 Å². The summed E-state index contributed by atoms with van der Waals surface area (Å²) in [5.74, 6) is -0.381. The highest BCUT2D eigenvalue weighted by Gasteiger charge is 2.19. The first kappa shape index (κ1) is 18.4. The van der Waals surface area contributed by atoms with Crippen molar-refractivity contribution in [3.63, 3.8) is 0 Å². The Morgan fingerprint density at radius 1 is 1.07 bits per heavy atom. The Labute approximate surface area is 156 Å². The van der Waals surface area contributed by atoms with E-state index in [-0.39, 0.29) is 17.1 Å². The number of anilines is 1. The van der Waals surface area contributed by atoms with Gasteiger partial charge in [0.1, 0.15) is 11.6 Å². The zero-order chi connectivity index (χ0) is 19.6. The fourth-order valence-corrected chi connectivity index (χ4v) is 2.79. The fraction of sp³-hybridized carbons (Fsp3) is 0.200. The van der Waals surface area contributed by atoms with E-state index in [1.54, 1.807) is 10.7 Å². The highest BCUT2D eigenvalue weighted by atomic mass is 19.1. The topological polar surface area (TPSA) is 65.4 Å². The zero-order valence-corrected chi connectivity index (χ0v) is 15.5. The van der Waals surface area contributed by atoms with Crippen LogP contribution in [0, 0.1) is 19.7 Å². The molecular weight excluding hydrogens is 349 g/mol. The van der Waals surface area contributed by atoms with Crippen LogP contribution in [0.5, 0.6) is 11.5 Å². The summed E-state index contributed by atoms with van der Waals surface area (Å²) < 4.78 is 26.2. The molecule has 0 fully saturated rings. The van der Waals surface area contributed by atoms with Crippen molar-refractivity contribution < 1.29 is 18.7 Å². The third-order valence-electron chi connectivity index (χ3n) is 4.13. The molecule has 3 aromatic rings. The Kier molecular flexibility index (Phi) is 5.12. The summed E-state index contributed by atoms with van der Waals surface area (Å²) in [6, 6.07) is 11.8. The second-order valence-electron chi connectivity index (χ2n) is 6.01. The molecule has 7 heteroatoms. The van der Waals surface area contributed by atoms with Crippen LogP contribution in [-0.2, 0) is 0 Å². The number of hydrogen-bond donors (Lipinski definition) is 1. The molecule has 0 radical (unpaired) electrons. The Morgan fingerprint density at radius 3 is 2.41 bits per heavy atom. The van der Waals surface area contributed by atoms with Crippen LogP contribution in [0.2, 0.25) is 0 Å².